The minimum absolute atomic E-state index is 0.0632. The van der Waals surface area contributed by atoms with Crippen LogP contribution >= 0.6 is 0 Å². The van der Waals surface area contributed by atoms with E-state index in [-0.39, 0.29) is 16.5 Å². The number of carbonyl (C=O) groups excluding carboxylic acids is 1. The molecule has 2 heterocycles. The van der Waals surface area contributed by atoms with Gasteiger partial charge < -0.3 is 14.8 Å². The summed E-state index contributed by atoms with van der Waals surface area (Å²) < 4.78 is 27.5. The third-order valence-electron chi connectivity index (χ3n) is 4.69. The highest BCUT2D eigenvalue weighted by Gasteiger charge is 2.20. The highest BCUT2D eigenvalue weighted by molar-refractivity contribution is 7.89. The number of aromatic nitrogens is 1. The van der Waals surface area contributed by atoms with E-state index >= 15 is 0 Å². The molecule has 0 bridgehead atoms. The number of nitrogens with zero attached hydrogens (tertiary/aromatic N) is 2. The Morgan fingerprint density at radius 2 is 1.85 bits per heavy atom. The van der Waals surface area contributed by atoms with Gasteiger partial charge in [0.2, 0.25) is 10.0 Å². The van der Waals surface area contributed by atoms with Gasteiger partial charge in [-0.05, 0) is 56.6 Å². The number of benzene rings is 1. The van der Waals surface area contributed by atoms with Crippen LogP contribution in [-0.4, -0.2) is 39.0 Å². The Balaban J connectivity index is 1.79. The fourth-order valence-electron chi connectivity index (χ4n) is 3.27. The Hall–Kier alpha value is -2.32. The number of anilines is 2. The van der Waals surface area contributed by atoms with Crippen molar-refractivity contribution in [2.45, 2.75) is 24.7 Å². The molecule has 2 aromatic rings. The van der Waals surface area contributed by atoms with Crippen molar-refractivity contribution in [1.29, 1.82) is 0 Å². The third-order valence-corrected chi connectivity index (χ3v) is 6.07. The van der Waals surface area contributed by atoms with Gasteiger partial charge in [-0.2, -0.15) is 0 Å². The Morgan fingerprint density at radius 3 is 2.46 bits per heavy atom. The molecule has 0 saturated carbocycles. The summed E-state index contributed by atoms with van der Waals surface area (Å²) >= 11 is 0. The maximum atomic E-state index is 12.6. The van der Waals surface area contributed by atoms with Gasteiger partial charge in [0.05, 0.1) is 0 Å². The van der Waals surface area contributed by atoms with Crippen molar-refractivity contribution in [3.05, 3.63) is 41.7 Å². The van der Waals surface area contributed by atoms with E-state index in [1.807, 2.05) is 25.1 Å². The van der Waals surface area contributed by atoms with Crippen molar-refractivity contribution in [3.63, 3.8) is 0 Å². The summed E-state index contributed by atoms with van der Waals surface area (Å²) in [5.74, 6) is -0.349. The second-order valence-corrected chi connectivity index (χ2v) is 8.42. The average molecular weight is 376 g/mol. The van der Waals surface area contributed by atoms with Crippen molar-refractivity contribution in [3.8, 4) is 0 Å². The van der Waals surface area contributed by atoms with Crippen molar-refractivity contribution >= 4 is 27.3 Å². The second kappa shape index (κ2) is 7.13. The largest absolute Gasteiger partial charge is 0.371 e. The Kier molecular flexibility index (Phi) is 5.06. The molecule has 0 unspecified atom stereocenters. The number of hydrogen-bond donors (Lipinski definition) is 2. The van der Waals surface area contributed by atoms with Crippen LogP contribution in [0.2, 0.25) is 0 Å². The second-order valence-electron chi connectivity index (χ2n) is 6.53. The fourth-order valence-corrected chi connectivity index (χ4v) is 4.07. The summed E-state index contributed by atoms with van der Waals surface area (Å²) in [4.78, 5) is 15.0. The molecule has 140 valence electrons. The smallest absolute Gasteiger partial charge is 0.272 e. The predicted molar refractivity (Wildman–Crippen MR) is 102 cm³/mol. The SMILES string of the molecule is CNS(=O)(=O)c1cc(C(=O)Nc2ccc(N3CCCC3)c(C)c2)n(C)c1. The number of aryl methyl sites for hydroxylation is 2. The van der Waals surface area contributed by atoms with E-state index in [2.05, 4.69) is 14.9 Å². The minimum Gasteiger partial charge on any atom is -0.371 e. The van der Waals surface area contributed by atoms with Gasteiger partial charge in [0.15, 0.2) is 0 Å². The lowest BCUT2D eigenvalue weighted by Crippen LogP contribution is -2.19. The summed E-state index contributed by atoms with van der Waals surface area (Å²) in [5, 5.41) is 2.85. The molecule has 1 fully saturated rings. The van der Waals surface area contributed by atoms with Crippen LogP contribution in [0.25, 0.3) is 0 Å². The molecule has 1 saturated heterocycles. The average Bonchev–Trinajstić information content (AvgIpc) is 3.25. The number of nitrogens with one attached hydrogen (secondary N) is 2. The Labute approximate surface area is 154 Å². The van der Waals surface area contributed by atoms with Gasteiger partial charge in [0.25, 0.3) is 5.91 Å². The molecule has 3 rings (SSSR count). The molecule has 7 nitrogen and oxygen atoms in total. The molecule has 2 N–H and O–H groups in total. The highest BCUT2D eigenvalue weighted by Crippen LogP contribution is 2.27. The molecular weight excluding hydrogens is 352 g/mol. The summed E-state index contributed by atoms with van der Waals surface area (Å²) in [5.41, 5.74) is 3.27. The molecule has 0 spiro atoms. The lowest BCUT2D eigenvalue weighted by atomic mass is 10.1. The lowest BCUT2D eigenvalue weighted by Gasteiger charge is -2.20. The maximum Gasteiger partial charge on any atom is 0.272 e. The summed E-state index contributed by atoms with van der Waals surface area (Å²) in [6, 6.07) is 7.22. The van der Waals surface area contributed by atoms with Gasteiger partial charge in [-0.15, -0.1) is 0 Å². The minimum atomic E-state index is -3.58. The van der Waals surface area contributed by atoms with E-state index in [9.17, 15) is 13.2 Å². The normalized spacial score (nSPS) is 14.7. The van der Waals surface area contributed by atoms with Gasteiger partial charge in [-0.1, -0.05) is 0 Å². The van der Waals surface area contributed by atoms with Crippen LogP contribution in [0.3, 0.4) is 0 Å². The van der Waals surface area contributed by atoms with Crippen LogP contribution in [0.15, 0.2) is 35.4 Å². The van der Waals surface area contributed by atoms with Crippen molar-refractivity contribution in [1.82, 2.24) is 9.29 Å². The summed E-state index contributed by atoms with van der Waals surface area (Å²) in [6.07, 6.45) is 3.84. The first kappa shape index (κ1) is 18.5. The fraction of sp³-hybridized carbons (Fsp3) is 0.389. The quantitative estimate of drug-likeness (QED) is 0.837. The number of rotatable bonds is 5. The van der Waals surface area contributed by atoms with E-state index in [0.717, 1.165) is 18.7 Å². The van der Waals surface area contributed by atoms with E-state index in [4.69, 9.17) is 0 Å². The predicted octanol–water partition coefficient (Wildman–Crippen LogP) is 2.09. The van der Waals surface area contributed by atoms with E-state index < -0.39 is 10.0 Å². The van der Waals surface area contributed by atoms with E-state index in [1.54, 1.807) is 7.05 Å². The zero-order valence-corrected chi connectivity index (χ0v) is 16.1. The van der Waals surface area contributed by atoms with Crippen molar-refractivity contribution < 1.29 is 13.2 Å². The van der Waals surface area contributed by atoms with Gasteiger partial charge in [-0.25, -0.2) is 13.1 Å². The molecule has 1 aromatic carbocycles. The number of hydrogen-bond acceptors (Lipinski definition) is 4. The summed E-state index contributed by atoms with van der Waals surface area (Å²) in [6.45, 7) is 4.17. The van der Waals surface area contributed by atoms with Gasteiger partial charge >= 0.3 is 0 Å². The molecule has 1 aliphatic heterocycles. The first-order valence-corrected chi connectivity index (χ1v) is 10.1. The van der Waals surface area contributed by atoms with Gasteiger partial charge in [-0.3, -0.25) is 4.79 Å². The van der Waals surface area contributed by atoms with Crippen LogP contribution < -0.4 is 14.9 Å². The van der Waals surface area contributed by atoms with Gasteiger partial charge in [0.1, 0.15) is 10.6 Å². The molecular formula is C18H24N4O3S. The zero-order chi connectivity index (χ0) is 18.9. The number of sulfonamides is 1. The number of carbonyl (C=O) groups is 1. The van der Waals surface area contributed by atoms with Crippen LogP contribution in [-0.2, 0) is 17.1 Å². The molecule has 1 aromatic heterocycles. The highest BCUT2D eigenvalue weighted by atomic mass is 32.2. The third kappa shape index (κ3) is 3.61. The molecule has 26 heavy (non-hydrogen) atoms. The Bertz CT molecular complexity index is 928. The van der Waals surface area contributed by atoms with Crippen LogP contribution in [0.1, 0.15) is 28.9 Å². The van der Waals surface area contributed by atoms with E-state index in [0.29, 0.717) is 5.69 Å². The molecule has 0 aliphatic carbocycles. The Morgan fingerprint density at radius 1 is 1.15 bits per heavy atom. The molecule has 0 atom stereocenters. The van der Waals surface area contributed by atoms with Crippen LogP contribution in [0.4, 0.5) is 11.4 Å². The molecule has 1 amide bonds. The lowest BCUT2D eigenvalue weighted by molar-refractivity contribution is 0.101. The number of amides is 1. The standard InChI is InChI=1S/C18H24N4O3S/c1-13-10-14(6-7-16(13)22-8-4-5-9-22)20-18(23)17-11-15(12-21(17)3)26(24,25)19-2/h6-7,10-12,19H,4-5,8-9H2,1-3H3,(H,20,23). The molecule has 1 aliphatic rings. The van der Waals surface area contributed by atoms with E-state index in [1.165, 1.54) is 42.4 Å². The van der Waals surface area contributed by atoms with Crippen molar-refractivity contribution in [2.75, 3.05) is 30.4 Å². The monoisotopic (exact) mass is 376 g/mol. The zero-order valence-electron chi connectivity index (χ0n) is 15.2. The first-order valence-electron chi connectivity index (χ1n) is 8.58. The summed E-state index contributed by atoms with van der Waals surface area (Å²) in [7, 11) is -0.600. The van der Waals surface area contributed by atoms with Crippen LogP contribution in [0.5, 0.6) is 0 Å². The first-order chi connectivity index (χ1) is 12.3. The van der Waals surface area contributed by atoms with Crippen molar-refractivity contribution in [2.24, 2.45) is 7.05 Å². The van der Waals surface area contributed by atoms with Crippen LogP contribution in [0, 0.1) is 6.92 Å². The molecule has 8 heteroatoms. The topological polar surface area (TPSA) is 83.4 Å². The van der Waals surface area contributed by atoms with Gasteiger partial charge in [0, 0.05) is 37.7 Å². The maximum absolute atomic E-state index is 12.6. The molecule has 0 radical (unpaired) electrons.